The topological polar surface area (TPSA) is 183 Å². The van der Waals surface area contributed by atoms with Crippen LogP contribution in [-0.4, -0.2) is 34.3 Å². The predicted molar refractivity (Wildman–Crippen MR) is 153 cm³/mol. The van der Waals surface area contributed by atoms with E-state index in [9.17, 15) is 4.79 Å². The molecule has 3 rings (SSSR count). The first-order chi connectivity index (χ1) is 18.7. The van der Waals surface area contributed by atoms with Crippen molar-refractivity contribution < 1.29 is 14.6 Å². The van der Waals surface area contributed by atoms with E-state index in [1.807, 2.05) is 37.4 Å². The number of hydrogen-bond acceptors (Lipinski definition) is 7. The van der Waals surface area contributed by atoms with Crippen molar-refractivity contribution in [1.82, 2.24) is 10.3 Å². The van der Waals surface area contributed by atoms with E-state index in [1.54, 1.807) is 24.3 Å². The van der Waals surface area contributed by atoms with Gasteiger partial charge in [-0.15, -0.1) is 0 Å². The number of nitrogen functional groups attached to an aromatic ring is 2. The zero-order valence-electron chi connectivity index (χ0n) is 22.2. The maximum Gasteiger partial charge on any atom is 0.303 e. The van der Waals surface area contributed by atoms with Crippen molar-refractivity contribution in [2.24, 2.45) is 11.5 Å². The van der Waals surface area contributed by atoms with Crippen LogP contribution in [0, 0.1) is 17.7 Å². The molecule has 0 aliphatic rings. The van der Waals surface area contributed by atoms with Gasteiger partial charge in [-0.1, -0.05) is 30.7 Å². The maximum atomic E-state index is 10.7. The third-order valence-electron chi connectivity index (χ3n) is 6.28. The van der Waals surface area contributed by atoms with Crippen molar-refractivity contribution in [3.8, 4) is 5.75 Å². The number of nitrogens with one attached hydrogen (secondary N) is 4. The van der Waals surface area contributed by atoms with E-state index in [0.29, 0.717) is 37.2 Å². The smallest absolute Gasteiger partial charge is 0.303 e. The van der Waals surface area contributed by atoms with E-state index in [4.69, 9.17) is 32.1 Å². The largest absolute Gasteiger partial charge is 0.487 e. The first-order valence-corrected chi connectivity index (χ1v) is 12.9. The number of amidine groups is 2. The van der Waals surface area contributed by atoms with Gasteiger partial charge in [0.25, 0.3) is 0 Å². The molecule has 0 amide bonds. The summed E-state index contributed by atoms with van der Waals surface area (Å²) in [5.74, 6) is 0.00423. The summed E-state index contributed by atoms with van der Waals surface area (Å²) < 4.78 is 6.29. The zero-order chi connectivity index (χ0) is 28.2. The van der Waals surface area contributed by atoms with Gasteiger partial charge < -0.3 is 31.9 Å². The van der Waals surface area contributed by atoms with Crippen LogP contribution in [0.25, 0.3) is 0 Å². The Bertz CT molecular complexity index is 1280. The van der Waals surface area contributed by atoms with E-state index in [-0.39, 0.29) is 18.1 Å². The molecule has 3 aromatic rings. The fourth-order valence-corrected chi connectivity index (χ4v) is 4.03. The van der Waals surface area contributed by atoms with E-state index in [1.165, 1.54) is 0 Å². The predicted octanol–water partition coefficient (Wildman–Crippen LogP) is 3.88. The summed E-state index contributed by atoms with van der Waals surface area (Å²) in [7, 11) is 0. The summed E-state index contributed by atoms with van der Waals surface area (Å²) in [5, 5.41) is 30.9. The zero-order valence-corrected chi connectivity index (χ0v) is 22.2. The molecule has 0 atom stereocenters. The average Bonchev–Trinajstić information content (AvgIpc) is 2.91. The Morgan fingerprint density at radius 3 is 2.21 bits per heavy atom. The Morgan fingerprint density at radius 2 is 1.59 bits per heavy atom. The van der Waals surface area contributed by atoms with Crippen LogP contribution in [0.3, 0.4) is 0 Å². The fourth-order valence-electron chi connectivity index (χ4n) is 4.03. The number of unbranched alkanes of at least 4 members (excludes halogenated alkanes) is 2. The van der Waals surface area contributed by atoms with Crippen molar-refractivity contribution in [2.75, 3.05) is 11.9 Å². The quantitative estimate of drug-likeness (QED) is 0.0825. The number of hydrogen-bond donors (Lipinski definition) is 7. The van der Waals surface area contributed by atoms with Crippen LogP contribution in [0.15, 0.2) is 54.7 Å². The molecule has 0 spiro atoms. The van der Waals surface area contributed by atoms with Gasteiger partial charge in [-0.3, -0.25) is 20.6 Å². The van der Waals surface area contributed by atoms with Gasteiger partial charge in [0.2, 0.25) is 0 Å². The summed E-state index contributed by atoms with van der Waals surface area (Å²) in [5.41, 5.74) is 17.1. The molecule has 0 bridgehead atoms. The number of carbonyl (C=O) groups is 1. The first kappa shape index (κ1) is 29.1. The molecule has 0 fully saturated rings. The molecule has 1 heterocycles. The molecule has 10 nitrogen and oxygen atoms in total. The molecule has 0 aliphatic heterocycles. The first-order valence-electron chi connectivity index (χ1n) is 12.9. The molecule has 9 N–H and O–H groups in total. The molecule has 1 aromatic heterocycles. The van der Waals surface area contributed by atoms with Gasteiger partial charge in [-0.05, 0) is 61.7 Å². The lowest BCUT2D eigenvalue weighted by atomic mass is 10.1. The number of aryl methyl sites for hydroxylation is 1. The van der Waals surface area contributed by atoms with Crippen LogP contribution in [0.4, 0.5) is 5.69 Å². The lowest BCUT2D eigenvalue weighted by molar-refractivity contribution is -0.137. The minimum atomic E-state index is -0.763. The highest BCUT2D eigenvalue weighted by molar-refractivity contribution is 5.95. The van der Waals surface area contributed by atoms with Gasteiger partial charge >= 0.3 is 5.97 Å². The van der Waals surface area contributed by atoms with E-state index in [2.05, 4.69) is 15.6 Å². The Labute approximate surface area is 228 Å². The van der Waals surface area contributed by atoms with Gasteiger partial charge in [0.1, 0.15) is 24.0 Å². The molecule has 0 saturated heterocycles. The van der Waals surface area contributed by atoms with Gasteiger partial charge in [0.05, 0.1) is 5.69 Å². The van der Waals surface area contributed by atoms with Crippen molar-refractivity contribution in [3.05, 3.63) is 88.2 Å². The second kappa shape index (κ2) is 14.5. The standard InChI is InChI=1S/C29H37N7O3/c1-19-27(39-18-20-6-8-21(9-7-20)28(30)31)25(17-34-14-4-2-3-5-26(37)38)23(15-35-19)16-36-24-12-10-22(11-13-24)29(32)33/h6-13,15,34,36H,2-5,14,16-18H2,1H3,(H3,30,31)(H3,32,33)(H,37,38). The molecule has 206 valence electrons. The second-order valence-corrected chi connectivity index (χ2v) is 9.30. The monoisotopic (exact) mass is 531 g/mol. The third-order valence-corrected chi connectivity index (χ3v) is 6.28. The summed E-state index contributed by atoms with van der Waals surface area (Å²) in [4.78, 5) is 15.3. The summed E-state index contributed by atoms with van der Waals surface area (Å²) in [6.45, 7) is 4.10. The van der Waals surface area contributed by atoms with Crippen molar-refractivity contribution in [2.45, 2.75) is 52.3 Å². The van der Waals surface area contributed by atoms with Gasteiger partial charge in [-0.2, -0.15) is 0 Å². The molecule has 0 aliphatic carbocycles. The highest BCUT2D eigenvalue weighted by atomic mass is 16.5. The van der Waals surface area contributed by atoms with Crippen LogP contribution in [0.5, 0.6) is 5.75 Å². The molecule has 10 heteroatoms. The minimum Gasteiger partial charge on any atom is -0.487 e. The van der Waals surface area contributed by atoms with Crippen LogP contribution in [-0.2, 0) is 24.5 Å². The van der Waals surface area contributed by atoms with Crippen molar-refractivity contribution in [1.29, 1.82) is 10.8 Å². The van der Waals surface area contributed by atoms with Gasteiger partial charge in [0.15, 0.2) is 0 Å². The molecule has 2 aromatic carbocycles. The molecule has 0 saturated carbocycles. The number of nitrogens with zero attached hydrogens (tertiary/aromatic N) is 1. The number of ether oxygens (including phenoxy) is 1. The Hall–Kier alpha value is -4.44. The number of carboxylic acids is 1. The Kier molecular flexibility index (Phi) is 10.8. The minimum absolute atomic E-state index is 0.0231. The third kappa shape index (κ3) is 9.11. The number of aliphatic carboxylic acids is 1. The average molecular weight is 532 g/mol. The highest BCUT2D eigenvalue weighted by Gasteiger charge is 2.15. The number of anilines is 1. The molecule has 0 unspecified atom stereocenters. The van der Waals surface area contributed by atoms with Crippen LogP contribution < -0.4 is 26.8 Å². The van der Waals surface area contributed by atoms with Crippen molar-refractivity contribution in [3.63, 3.8) is 0 Å². The van der Waals surface area contributed by atoms with Crippen LogP contribution in [0.1, 0.15) is 59.2 Å². The summed E-state index contributed by atoms with van der Waals surface area (Å²) >= 11 is 0. The number of benzene rings is 2. The Balaban J connectivity index is 1.73. The second-order valence-electron chi connectivity index (χ2n) is 9.30. The lowest BCUT2D eigenvalue weighted by Crippen LogP contribution is -2.19. The number of rotatable bonds is 16. The number of carboxylic acid groups (broad SMARTS) is 1. The summed E-state index contributed by atoms with van der Waals surface area (Å²) in [6, 6.07) is 14.8. The molecule has 39 heavy (non-hydrogen) atoms. The fraction of sp³-hybridized carbons (Fsp3) is 0.310. The van der Waals surface area contributed by atoms with E-state index in [0.717, 1.165) is 53.2 Å². The lowest BCUT2D eigenvalue weighted by Gasteiger charge is -2.19. The number of pyridine rings is 1. The van der Waals surface area contributed by atoms with E-state index >= 15 is 0 Å². The number of nitrogens with two attached hydrogens (primary N) is 2. The van der Waals surface area contributed by atoms with Gasteiger partial charge in [-0.25, -0.2) is 0 Å². The molecule has 0 radical (unpaired) electrons. The normalized spacial score (nSPS) is 10.7. The SMILES string of the molecule is Cc1ncc(CNc2ccc(C(=N)N)cc2)c(CNCCCCCC(=O)O)c1OCc1ccc(C(=N)N)cc1. The van der Waals surface area contributed by atoms with Crippen molar-refractivity contribution >= 4 is 23.3 Å². The number of aromatic nitrogens is 1. The molecular weight excluding hydrogens is 494 g/mol. The van der Waals surface area contributed by atoms with Crippen LogP contribution in [0.2, 0.25) is 0 Å². The van der Waals surface area contributed by atoms with Gasteiger partial charge in [0, 0.05) is 48.1 Å². The maximum absolute atomic E-state index is 10.7. The van der Waals surface area contributed by atoms with Crippen LogP contribution >= 0.6 is 0 Å². The highest BCUT2D eigenvalue weighted by Crippen LogP contribution is 2.27. The summed E-state index contributed by atoms with van der Waals surface area (Å²) in [6.07, 6.45) is 4.44. The Morgan fingerprint density at radius 1 is 0.949 bits per heavy atom. The van der Waals surface area contributed by atoms with E-state index < -0.39 is 5.97 Å². The molecular formula is C29H37N7O3.